The average Bonchev–Trinajstić information content (AvgIpc) is 2.72. The molecule has 0 amide bonds. The molecule has 0 aliphatic carbocycles. The zero-order valence-electron chi connectivity index (χ0n) is 17.1. The Morgan fingerprint density at radius 1 is 1.07 bits per heavy atom. The van der Waals surface area contributed by atoms with Crippen LogP contribution in [0, 0.1) is 12.7 Å². The number of halogens is 2. The molecule has 1 heterocycles. The van der Waals surface area contributed by atoms with E-state index in [1.807, 2.05) is 6.07 Å². The number of nitrogens with one attached hydrogen (secondary N) is 2. The summed E-state index contributed by atoms with van der Waals surface area (Å²) < 4.78 is 18.9. The van der Waals surface area contributed by atoms with Gasteiger partial charge in [0.15, 0.2) is 5.96 Å². The predicted octanol–water partition coefficient (Wildman–Crippen LogP) is 3.45. The number of ether oxygens (including phenoxy) is 1. The Morgan fingerprint density at radius 3 is 2.45 bits per heavy atom. The molecule has 1 saturated heterocycles. The quantitative estimate of drug-likeness (QED) is 0.354. The second-order valence-corrected chi connectivity index (χ2v) is 7.02. The molecule has 1 fully saturated rings. The van der Waals surface area contributed by atoms with Crippen LogP contribution < -0.4 is 10.6 Å². The van der Waals surface area contributed by atoms with Gasteiger partial charge in [-0.2, -0.15) is 0 Å². The summed E-state index contributed by atoms with van der Waals surface area (Å²) in [4.78, 5) is 6.72. The normalized spacial score (nSPS) is 14.9. The molecule has 29 heavy (non-hydrogen) atoms. The number of hydrogen-bond donors (Lipinski definition) is 2. The monoisotopic (exact) mass is 512 g/mol. The van der Waals surface area contributed by atoms with Crippen molar-refractivity contribution in [3.63, 3.8) is 0 Å². The number of rotatable bonds is 6. The van der Waals surface area contributed by atoms with Gasteiger partial charge in [0, 0.05) is 39.8 Å². The van der Waals surface area contributed by atoms with Crippen LogP contribution in [0.4, 0.5) is 4.39 Å². The third kappa shape index (κ3) is 7.24. The Morgan fingerprint density at radius 2 is 1.76 bits per heavy atom. The topological polar surface area (TPSA) is 48.9 Å². The lowest BCUT2D eigenvalue weighted by molar-refractivity contribution is 0.0341. The summed E-state index contributed by atoms with van der Waals surface area (Å²) in [5.41, 5.74) is 4.25. The Kier molecular flexibility index (Phi) is 9.83. The number of aliphatic imine (C=N–C) groups is 1. The number of morpholine rings is 1. The minimum atomic E-state index is -0.178. The van der Waals surface area contributed by atoms with E-state index in [1.54, 1.807) is 20.0 Å². The Hall–Kier alpha value is -1.71. The van der Waals surface area contributed by atoms with E-state index in [4.69, 9.17) is 4.74 Å². The van der Waals surface area contributed by atoms with E-state index in [0.29, 0.717) is 18.7 Å². The van der Waals surface area contributed by atoms with E-state index in [0.717, 1.165) is 44.4 Å². The Labute approximate surface area is 189 Å². The summed E-state index contributed by atoms with van der Waals surface area (Å²) in [6.07, 6.45) is 0. The lowest BCUT2D eigenvalue weighted by atomic mass is 10.1. The molecule has 0 unspecified atom stereocenters. The zero-order chi connectivity index (χ0) is 19.8. The van der Waals surface area contributed by atoms with Crippen LogP contribution in [0.15, 0.2) is 47.5 Å². The molecule has 0 spiro atoms. The molecule has 158 valence electrons. The van der Waals surface area contributed by atoms with Crippen molar-refractivity contribution in [1.29, 1.82) is 0 Å². The van der Waals surface area contributed by atoms with E-state index in [1.165, 1.54) is 17.2 Å². The molecule has 5 nitrogen and oxygen atoms in total. The molecule has 7 heteroatoms. The predicted molar refractivity (Wildman–Crippen MR) is 126 cm³/mol. The van der Waals surface area contributed by atoms with Crippen LogP contribution in [0.3, 0.4) is 0 Å². The third-order valence-corrected chi connectivity index (χ3v) is 4.97. The molecule has 0 aromatic heterocycles. The summed E-state index contributed by atoms with van der Waals surface area (Å²) in [5.74, 6) is 0.547. The van der Waals surface area contributed by atoms with Crippen molar-refractivity contribution in [2.24, 2.45) is 4.99 Å². The van der Waals surface area contributed by atoms with Crippen molar-refractivity contribution < 1.29 is 9.13 Å². The molecule has 0 atom stereocenters. The molecule has 2 aromatic rings. The summed E-state index contributed by atoms with van der Waals surface area (Å²) in [7, 11) is 1.75. The van der Waals surface area contributed by atoms with Crippen LogP contribution in [0.2, 0.25) is 0 Å². The first-order valence-electron chi connectivity index (χ1n) is 9.72. The number of aryl methyl sites for hydroxylation is 1. The van der Waals surface area contributed by atoms with Crippen molar-refractivity contribution in [2.75, 3.05) is 33.4 Å². The molecule has 1 aliphatic heterocycles. The molecule has 1 aliphatic rings. The largest absolute Gasteiger partial charge is 0.379 e. The molecule has 0 radical (unpaired) electrons. The fourth-order valence-corrected chi connectivity index (χ4v) is 3.29. The van der Waals surface area contributed by atoms with Crippen LogP contribution in [0.25, 0.3) is 0 Å². The fraction of sp³-hybridized carbons (Fsp3) is 0.409. The van der Waals surface area contributed by atoms with Gasteiger partial charge >= 0.3 is 0 Å². The van der Waals surface area contributed by atoms with Gasteiger partial charge in [0.25, 0.3) is 0 Å². The summed E-state index contributed by atoms with van der Waals surface area (Å²) in [6, 6.07) is 13.6. The number of nitrogens with zero attached hydrogens (tertiary/aromatic N) is 2. The van der Waals surface area contributed by atoms with Crippen LogP contribution in [0.1, 0.15) is 22.3 Å². The number of hydrogen-bond acceptors (Lipinski definition) is 3. The Bertz CT molecular complexity index is 809. The summed E-state index contributed by atoms with van der Waals surface area (Å²) >= 11 is 0. The minimum Gasteiger partial charge on any atom is -0.379 e. The molecule has 2 N–H and O–H groups in total. The van der Waals surface area contributed by atoms with Gasteiger partial charge in [-0.05, 0) is 35.2 Å². The average molecular weight is 512 g/mol. The van der Waals surface area contributed by atoms with E-state index in [2.05, 4.69) is 44.8 Å². The summed E-state index contributed by atoms with van der Waals surface area (Å²) in [5, 5.41) is 6.67. The van der Waals surface area contributed by atoms with Crippen LogP contribution in [-0.4, -0.2) is 44.2 Å². The van der Waals surface area contributed by atoms with Crippen molar-refractivity contribution in [3.8, 4) is 0 Å². The highest BCUT2D eigenvalue weighted by atomic mass is 127. The highest BCUT2D eigenvalue weighted by molar-refractivity contribution is 14.0. The van der Waals surface area contributed by atoms with Gasteiger partial charge in [-0.3, -0.25) is 9.89 Å². The zero-order valence-corrected chi connectivity index (χ0v) is 19.4. The lowest BCUT2D eigenvalue weighted by Crippen LogP contribution is -2.37. The van der Waals surface area contributed by atoms with Crippen LogP contribution in [0.5, 0.6) is 0 Å². The van der Waals surface area contributed by atoms with E-state index in [9.17, 15) is 4.39 Å². The van der Waals surface area contributed by atoms with Gasteiger partial charge < -0.3 is 15.4 Å². The first-order chi connectivity index (χ1) is 13.7. The van der Waals surface area contributed by atoms with Crippen molar-refractivity contribution in [1.82, 2.24) is 15.5 Å². The smallest absolute Gasteiger partial charge is 0.191 e. The number of benzene rings is 2. The molecule has 3 rings (SSSR count). The maximum absolute atomic E-state index is 13.4. The molecular weight excluding hydrogens is 482 g/mol. The van der Waals surface area contributed by atoms with E-state index >= 15 is 0 Å². The third-order valence-electron chi connectivity index (χ3n) is 4.97. The Balaban J connectivity index is 0.00000300. The van der Waals surface area contributed by atoms with Gasteiger partial charge in [0.05, 0.1) is 13.2 Å². The maximum atomic E-state index is 13.4. The van der Waals surface area contributed by atoms with Gasteiger partial charge in [0.2, 0.25) is 0 Å². The second-order valence-electron chi connectivity index (χ2n) is 7.02. The fourth-order valence-electron chi connectivity index (χ4n) is 3.29. The van der Waals surface area contributed by atoms with Crippen molar-refractivity contribution in [3.05, 3.63) is 70.5 Å². The van der Waals surface area contributed by atoms with E-state index < -0.39 is 0 Å². The molecule has 0 bridgehead atoms. The van der Waals surface area contributed by atoms with Crippen LogP contribution in [-0.2, 0) is 24.4 Å². The molecule has 0 saturated carbocycles. The lowest BCUT2D eigenvalue weighted by Gasteiger charge is -2.27. The summed E-state index contributed by atoms with van der Waals surface area (Å²) in [6.45, 7) is 7.56. The molecular formula is C22H30FIN4O. The van der Waals surface area contributed by atoms with Crippen LogP contribution >= 0.6 is 24.0 Å². The first kappa shape index (κ1) is 23.6. The maximum Gasteiger partial charge on any atom is 0.191 e. The second kappa shape index (κ2) is 12.1. The van der Waals surface area contributed by atoms with Gasteiger partial charge in [-0.15, -0.1) is 24.0 Å². The first-order valence-corrected chi connectivity index (χ1v) is 9.72. The minimum absolute atomic E-state index is 0. The van der Waals surface area contributed by atoms with Gasteiger partial charge in [0.1, 0.15) is 5.82 Å². The van der Waals surface area contributed by atoms with Gasteiger partial charge in [-0.1, -0.05) is 36.4 Å². The highest BCUT2D eigenvalue weighted by Crippen LogP contribution is 2.13. The number of guanidine groups is 1. The van der Waals surface area contributed by atoms with Gasteiger partial charge in [-0.25, -0.2) is 4.39 Å². The van der Waals surface area contributed by atoms with Crippen molar-refractivity contribution >= 4 is 29.9 Å². The molecule has 2 aromatic carbocycles. The van der Waals surface area contributed by atoms with E-state index in [-0.39, 0.29) is 29.8 Å². The SMILES string of the molecule is CN=C(NCc1ccc(F)c(C)c1)NCc1ccccc1CN1CCOCC1.I. The van der Waals surface area contributed by atoms with Crippen molar-refractivity contribution in [2.45, 2.75) is 26.6 Å². The standard InChI is InChI=1S/C22H29FN4O.HI/c1-17-13-18(7-8-21(17)23)14-25-22(24-2)26-15-19-5-3-4-6-20(19)16-27-9-11-28-12-10-27;/h3-8,13H,9-12,14-16H2,1-2H3,(H2,24,25,26);1H. The highest BCUT2D eigenvalue weighted by Gasteiger charge is 2.12.